The van der Waals surface area contributed by atoms with Crippen molar-refractivity contribution < 1.29 is 18.3 Å². The van der Waals surface area contributed by atoms with Gasteiger partial charge in [-0.1, -0.05) is 30.3 Å². The molecule has 2 N–H and O–H groups in total. The van der Waals surface area contributed by atoms with E-state index >= 15 is 0 Å². The fourth-order valence-electron chi connectivity index (χ4n) is 2.62. The fraction of sp³-hybridized carbons (Fsp3) is 0.143. The van der Waals surface area contributed by atoms with Gasteiger partial charge in [0.1, 0.15) is 5.00 Å². The van der Waals surface area contributed by atoms with Crippen LogP contribution in [0.4, 0.5) is 19.5 Å². The minimum absolute atomic E-state index is 0.148. The Bertz CT molecular complexity index is 1020. The van der Waals surface area contributed by atoms with Crippen molar-refractivity contribution in [2.24, 2.45) is 0 Å². The summed E-state index contributed by atoms with van der Waals surface area (Å²) in [6.45, 7) is 1.98. The number of anilines is 2. The van der Waals surface area contributed by atoms with E-state index in [2.05, 4.69) is 10.6 Å². The molecule has 0 bridgehead atoms. The lowest BCUT2D eigenvalue weighted by molar-refractivity contribution is 0.0528. The number of hydrogen-bond acceptors (Lipinski definition) is 4. The van der Waals surface area contributed by atoms with E-state index in [0.717, 1.165) is 22.6 Å². The van der Waals surface area contributed by atoms with Gasteiger partial charge >= 0.3 is 5.97 Å². The largest absolute Gasteiger partial charge is 0.462 e. The van der Waals surface area contributed by atoms with Gasteiger partial charge in [-0.05, 0) is 42.9 Å². The maximum atomic E-state index is 13.4. The summed E-state index contributed by atoms with van der Waals surface area (Å²) in [5, 5.41) is 6.41. The molecular formula is C21H18F2N2O2S2. The van der Waals surface area contributed by atoms with E-state index in [4.69, 9.17) is 17.0 Å². The molecule has 0 saturated heterocycles. The van der Waals surface area contributed by atoms with Crippen LogP contribution in [0.3, 0.4) is 0 Å². The van der Waals surface area contributed by atoms with E-state index < -0.39 is 17.6 Å². The first-order valence-corrected chi connectivity index (χ1v) is 10.1. The van der Waals surface area contributed by atoms with Crippen molar-refractivity contribution in [3.8, 4) is 0 Å². The molecule has 0 saturated carbocycles. The first-order valence-electron chi connectivity index (χ1n) is 8.83. The van der Waals surface area contributed by atoms with Crippen LogP contribution in [0.2, 0.25) is 0 Å². The van der Waals surface area contributed by atoms with E-state index in [1.54, 1.807) is 13.0 Å². The van der Waals surface area contributed by atoms with Crippen LogP contribution in [0.25, 0.3) is 0 Å². The zero-order valence-corrected chi connectivity index (χ0v) is 17.1. The molecule has 1 aromatic heterocycles. The highest BCUT2D eigenvalue weighted by Gasteiger charge is 2.18. The molecule has 0 aliphatic heterocycles. The molecule has 3 rings (SSSR count). The van der Waals surface area contributed by atoms with E-state index in [9.17, 15) is 13.6 Å². The Balaban J connectivity index is 1.79. The average Bonchev–Trinajstić information content (AvgIpc) is 3.08. The van der Waals surface area contributed by atoms with Gasteiger partial charge in [0, 0.05) is 23.1 Å². The molecule has 150 valence electrons. The number of hydrogen-bond donors (Lipinski definition) is 2. The van der Waals surface area contributed by atoms with E-state index in [1.807, 2.05) is 30.3 Å². The summed E-state index contributed by atoms with van der Waals surface area (Å²) in [7, 11) is 0. The standard InChI is InChI=1S/C21H18F2N2O2S2/c1-2-27-20(26)16-12-15(10-13-6-4-3-5-7-13)29-19(16)25-21(28)24-14-8-9-17(22)18(23)11-14/h3-9,11-12H,2,10H2,1H3,(H2,24,25,28). The average molecular weight is 433 g/mol. The van der Waals surface area contributed by atoms with Crippen LogP contribution in [0.5, 0.6) is 0 Å². The second-order valence-electron chi connectivity index (χ2n) is 6.05. The summed E-state index contributed by atoms with van der Waals surface area (Å²) in [4.78, 5) is 13.3. The van der Waals surface area contributed by atoms with Crippen LogP contribution in [0.15, 0.2) is 54.6 Å². The van der Waals surface area contributed by atoms with Gasteiger partial charge in [0.15, 0.2) is 16.7 Å². The second-order valence-corrected chi connectivity index (χ2v) is 7.59. The molecule has 0 fully saturated rings. The van der Waals surface area contributed by atoms with Crippen molar-refractivity contribution in [1.29, 1.82) is 0 Å². The smallest absolute Gasteiger partial charge is 0.341 e. The number of carbonyl (C=O) groups excluding carboxylic acids is 1. The highest BCUT2D eigenvalue weighted by Crippen LogP contribution is 2.31. The van der Waals surface area contributed by atoms with Crippen LogP contribution < -0.4 is 10.6 Å². The fourth-order valence-corrected chi connectivity index (χ4v) is 3.99. The molecule has 0 aliphatic rings. The highest BCUT2D eigenvalue weighted by atomic mass is 32.1. The number of benzene rings is 2. The minimum atomic E-state index is -0.980. The van der Waals surface area contributed by atoms with Crippen LogP contribution in [0.1, 0.15) is 27.7 Å². The molecule has 3 aromatic rings. The predicted molar refractivity (Wildman–Crippen MR) is 116 cm³/mol. The van der Waals surface area contributed by atoms with Crippen molar-refractivity contribution in [2.75, 3.05) is 17.2 Å². The minimum Gasteiger partial charge on any atom is -0.462 e. The number of ether oxygens (including phenoxy) is 1. The summed E-state index contributed by atoms with van der Waals surface area (Å²) >= 11 is 6.64. The van der Waals surface area contributed by atoms with Crippen molar-refractivity contribution in [3.63, 3.8) is 0 Å². The van der Waals surface area contributed by atoms with E-state index in [0.29, 0.717) is 22.7 Å². The Labute approximate surface area is 176 Å². The third-order valence-electron chi connectivity index (χ3n) is 3.90. The summed E-state index contributed by atoms with van der Waals surface area (Å²) in [6, 6.07) is 15.0. The van der Waals surface area contributed by atoms with Crippen LogP contribution in [0, 0.1) is 11.6 Å². The topological polar surface area (TPSA) is 50.4 Å². The maximum Gasteiger partial charge on any atom is 0.341 e. The molecule has 0 unspecified atom stereocenters. The van der Waals surface area contributed by atoms with Crippen molar-refractivity contribution in [2.45, 2.75) is 13.3 Å². The third-order valence-corrected chi connectivity index (χ3v) is 5.16. The Morgan fingerprint density at radius 3 is 2.52 bits per heavy atom. The van der Waals surface area contributed by atoms with Crippen molar-refractivity contribution >= 4 is 45.3 Å². The van der Waals surface area contributed by atoms with Gasteiger partial charge in [0.05, 0.1) is 12.2 Å². The molecule has 0 amide bonds. The quantitative estimate of drug-likeness (QED) is 0.392. The van der Waals surface area contributed by atoms with Gasteiger partial charge in [0.25, 0.3) is 0 Å². The third kappa shape index (κ3) is 5.58. The lowest BCUT2D eigenvalue weighted by Crippen LogP contribution is -2.20. The van der Waals surface area contributed by atoms with Crippen molar-refractivity contribution in [1.82, 2.24) is 0 Å². The Morgan fingerprint density at radius 1 is 1.07 bits per heavy atom. The lowest BCUT2D eigenvalue weighted by Gasteiger charge is -2.11. The van der Waals surface area contributed by atoms with Gasteiger partial charge in [-0.25, -0.2) is 13.6 Å². The predicted octanol–water partition coefficient (Wildman–Crippen LogP) is 5.60. The van der Waals surface area contributed by atoms with Gasteiger partial charge in [-0.2, -0.15) is 0 Å². The molecular weight excluding hydrogens is 414 g/mol. The first-order chi connectivity index (χ1) is 14.0. The number of rotatable bonds is 6. The summed E-state index contributed by atoms with van der Waals surface area (Å²) in [5.41, 5.74) is 1.77. The first kappa shape index (κ1) is 20.9. The summed E-state index contributed by atoms with van der Waals surface area (Å²) < 4.78 is 31.6. The van der Waals surface area contributed by atoms with Crippen LogP contribution >= 0.6 is 23.6 Å². The summed E-state index contributed by atoms with van der Waals surface area (Å²) in [5.74, 6) is -2.38. The maximum absolute atomic E-state index is 13.4. The van der Waals surface area contributed by atoms with Gasteiger partial charge in [-0.15, -0.1) is 11.3 Å². The molecule has 0 spiro atoms. The van der Waals surface area contributed by atoms with Gasteiger partial charge in [0.2, 0.25) is 0 Å². The number of nitrogens with one attached hydrogen (secondary N) is 2. The Kier molecular flexibility index (Phi) is 6.90. The zero-order valence-electron chi connectivity index (χ0n) is 15.5. The summed E-state index contributed by atoms with van der Waals surface area (Å²) in [6.07, 6.45) is 0.656. The lowest BCUT2D eigenvalue weighted by atomic mass is 10.1. The second kappa shape index (κ2) is 9.58. The number of halogens is 2. The molecule has 0 aliphatic carbocycles. The normalized spacial score (nSPS) is 10.4. The van der Waals surface area contributed by atoms with Crippen LogP contribution in [-0.2, 0) is 11.2 Å². The SMILES string of the molecule is CCOC(=O)c1cc(Cc2ccccc2)sc1NC(=S)Nc1ccc(F)c(F)c1. The molecule has 0 atom stereocenters. The molecule has 1 heterocycles. The number of thiocarbonyl (C=S) groups is 1. The highest BCUT2D eigenvalue weighted by molar-refractivity contribution is 7.80. The Hall–Kier alpha value is -2.84. The number of thiophene rings is 1. The molecule has 0 radical (unpaired) electrons. The molecule has 4 nitrogen and oxygen atoms in total. The molecule has 8 heteroatoms. The van der Waals surface area contributed by atoms with Gasteiger partial charge in [-0.3, -0.25) is 0 Å². The monoisotopic (exact) mass is 432 g/mol. The molecule has 29 heavy (non-hydrogen) atoms. The van der Waals surface area contributed by atoms with Crippen LogP contribution in [-0.4, -0.2) is 17.7 Å². The van der Waals surface area contributed by atoms with Gasteiger partial charge < -0.3 is 15.4 Å². The number of carbonyl (C=O) groups is 1. The zero-order chi connectivity index (χ0) is 20.8. The number of esters is 1. The van der Waals surface area contributed by atoms with E-state index in [1.165, 1.54) is 17.4 Å². The van der Waals surface area contributed by atoms with Crippen molar-refractivity contribution in [3.05, 3.63) is 82.2 Å². The van der Waals surface area contributed by atoms with E-state index in [-0.39, 0.29) is 11.7 Å². The molecule has 2 aromatic carbocycles. The Morgan fingerprint density at radius 2 is 1.83 bits per heavy atom.